The Labute approximate surface area is 155 Å². The molecule has 7 nitrogen and oxygen atoms in total. The van der Waals surface area contributed by atoms with Crippen LogP contribution in [0, 0.1) is 10.1 Å². The monoisotopic (exact) mass is 365 g/mol. The van der Waals surface area contributed by atoms with E-state index in [2.05, 4.69) is 16.9 Å². The molecule has 0 amide bonds. The smallest absolute Gasteiger partial charge is 0.269 e. The van der Waals surface area contributed by atoms with Crippen LogP contribution in [0.1, 0.15) is 29.8 Å². The second-order valence-electron chi connectivity index (χ2n) is 6.16. The van der Waals surface area contributed by atoms with Gasteiger partial charge >= 0.3 is 0 Å². The highest BCUT2D eigenvalue weighted by molar-refractivity contribution is 6.12. The molecule has 0 spiro atoms. The van der Waals surface area contributed by atoms with Crippen LogP contribution in [0.2, 0.25) is 0 Å². The largest absolute Gasteiger partial charge is 0.436 e. The van der Waals surface area contributed by atoms with Gasteiger partial charge in [0.25, 0.3) is 5.69 Å². The Hall–Kier alpha value is -3.48. The number of fused-ring (bicyclic) bond motifs is 1. The van der Waals surface area contributed by atoms with Crippen molar-refractivity contribution in [2.75, 3.05) is 12.4 Å². The summed E-state index contributed by atoms with van der Waals surface area (Å²) < 4.78 is 5.86. The van der Waals surface area contributed by atoms with Gasteiger partial charge in [0.05, 0.1) is 10.6 Å². The van der Waals surface area contributed by atoms with Crippen molar-refractivity contribution >= 4 is 28.3 Å². The number of nitrogens with zero attached hydrogens (tertiary/aromatic N) is 2. The van der Waals surface area contributed by atoms with E-state index in [0.29, 0.717) is 40.1 Å². The van der Waals surface area contributed by atoms with Crippen LogP contribution in [0.3, 0.4) is 0 Å². The van der Waals surface area contributed by atoms with Gasteiger partial charge in [0, 0.05) is 30.3 Å². The number of rotatable bonds is 6. The highest BCUT2D eigenvalue weighted by atomic mass is 16.6. The molecule has 0 unspecified atom stereocenters. The predicted octanol–water partition coefficient (Wildman–Crippen LogP) is 4.77. The third-order valence-corrected chi connectivity index (χ3v) is 4.35. The van der Waals surface area contributed by atoms with E-state index >= 15 is 0 Å². The number of ketones is 1. The zero-order chi connectivity index (χ0) is 19.7. The van der Waals surface area contributed by atoms with Crippen LogP contribution in [0.4, 0.5) is 11.4 Å². The van der Waals surface area contributed by atoms with E-state index in [1.165, 1.54) is 12.1 Å². The molecule has 3 rings (SSSR count). The molecule has 0 bridgehead atoms. The van der Waals surface area contributed by atoms with E-state index < -0.39 is 4.92 Å². The normalized spacial score (nSPS) is 10.8. The maximum Gasteiger partial charge on any atom is 0.269 e. The van der Waals surface area contributed by atoms with Gasteiger partial charge in [0.2, 0.25) is 5.89 Å². The number of Topliss-reactive ketones (excluding diaryl/α,β-unsaturated/α-hetero) is 1. The van der Waals surface area contributed by atoms with E-state index in [-0.39, 0.29) is 11.5 Å². The van der Waals surface area contributed by atoms with Gasteiger partial charge in [-0.05, 0) is 42.7 Å². The third kappa shape index (κ3) is 3.19. The molecule has 0 aliphatic heterocycles. The zero-order valence-electron chi connectivity index (χ0n) is 15.3. The number of hydrogen-bond donors (Lipinski definition) is 1. The number of benzene rings is 2. The number of allylic oxidation sites excluding steroid dienone is 1. The van der Waals surface area contributed by atoms with E-state index in [9.17, 15) is 14.9 Å². The van der Waals surface area contributed by atoms with Crippen molar-refractivity contribution < 1.29 is 14.1 Å². The first kappa shape index (κ1) is 18.3. The van der Waals surface area contributed by atoms with E-state index in [4.69, 9.17) is 4.42 Å². The van der Waals surface area contributed by atoms with Crippen molar-refractivity contribution in [1.29, 1.82) is 0 Å². The van der Waals surface area contributed by atoms with Gasteiger partial charge in [-0.1, -0.05) is 13.5 Å². The van der Waals surface area contributed by atoms with Crippen LogP contribution in [0.15, 0.2) is 46.9 Å². The quantitative estimate of drug-likeness (QED) is 0.292. The van der Waals surface area contributed by atoms with E-state index in [1.54, 1.807) is 32.2 Å². The number of oxazole rings is 1. The number of aromatic nitrogens is 1. The van der Waals surface area contributed by atoms with Crippen molar-refractivity contribution in [3.63, 3.8) is 0 Å². The molecular weight excluding hydrogens is 346 g/mol. The maximum absolute atomic E-state index is 12.6. The fourth-order valence-electron chi connectivity index (χ4n) is 3.02. The average molecular weight is 365 g/mol. The van der Waals surface area contributed by atoms with Gasteiger partial charge in [-0.3, -0.25) is 14.9 Å². The molecule has 1 heterocycles. The first-order chi connectivity index (χ1) is 12.9. The Kier molecular flexibility index (Phi) is 4.77. The number of carbonyl (C=O) groups is 1. The summed E-state index contributed by atoms with van der Waals surface area (Å²) in [7, 11) is 1.77. The molecule has 0 radical (unpaired) electrons. The Morgan fingerprint density at radius 2 is 2.00 bits per heavy atom. The molecule has 7 heteroatoms. The SMILES string of the molecule is C=C(C)C(=O)c1cc2oc(-c3ccc([N+](=O)[O-])cc3)nc2c(NC)c1CC. The summed E-state index contributed by atoms with van der Waals surface area (Å²) in [6.45, 7) is 7.39. The van der Waals surface area contributed by atoms with Crippen LogP contribution in [0.25, 0.3) is 22.6 Å². The summed E-state index contributed by atoms with van der Waals surface area (Å²) in [6.07, 6.45) is 0.639. The van der Waals surface area contributed by atoms with Gasteiger partial charge in [0.15, 0.2) is 11.4 Å². The minimum atomic E-state index is -0.460. The molecule has 27 heavy (non-hydrogen) atoms. The lowest BCUT2D eigenvalue weighted by molar-refractivity contribution is -0.384. The Balaban J connectivity index is 2.20. The van der Waals surface area contributed by atoms with Crippen molar-refractivity contribution in [2.24, 2.45) is 0 Å². The minimum Gasteiger partial charge on any atom is -0.436 e. The lowest BCUT2D eigenvalue weighted by Crippen LogP contribution is -2.07. The molecule has 0 aliphatic carbocycles. The first-order valence-corrected chi connectivity index (χ1v) is 8.46. The van der Waals surface area contributed by atoms with Crippen LogP contribution in [0.5, 0.6) is 0 Å². The van der Waals surface area contributed by atoms with Crippen LogP contribution >= 0.6 is 0 Å². The summed E-state index contributed by atoms with van der Waals surface area (Å²) in [5.74, 6) is 0.192. The number of non-ortho nitro benzene ring substituents is 1. The number of anilines is 1. The molecule has 2 aromatic carbocycles. The molecule has 0 saturated heterocycles. The standard InChI is InChI=1S/C20H19N3O4/c1-5-14-15(19(24)11(2)3)10-16-18(17(14)21-4)22-20(27-16)12-6-8-13(9-7-12)23(25)26/h6-10,21H,2,5H2,1,3-4H3. The molecule has 1 N–H and O–H groups in total. The minimum absolute atomic E-state index is 0.00612. The van der Waals surface area contributed by atoms with Crippen molar-refractivity contribution in [3.8, 4) is 11.5 Å². The van der Waals surface area contributed by atoms with Gasteiger partial charge in [-0.25, -0.2) is 4.98 Å². The Morgan fingerprint density at radius 3 is 2.52 bits per heavy atom. The van der Waals surface area contributed by atoms with Crippen LogP contribution in [-0.2, 0) is 6.42 Å². The third-order valence-electron chi connectivity index (χ3n) is 4.35. The fourth-order valence-corrected chi connectivity index (χ4v) is 3.02. The summed E-state index contributed by atoms with van der Waals surface area (Å²) >= 11 is 0. The molecule has 1 aromatic heterocycles. The summed E-state index contributed by atoms with van der Waals surface area (Å²) in [4.78, 5) is 27.5. The van der Waals surface area contributed by atoms with Gasteiger partial charge in [-0.2, -0.15) is 0 Å². The molecule has 138 valence electrons. The predicted molar refractivity (Wildman–Crippen MR) is 104 cm³/mol. The summed E-state index contributed by atoms with van der Waals surface area (Å²) in [5, 5.41) is 13.9. The van der Waals surface area contributed by atoms with Crippen molar-refractivity contribution in [1.82, 2.24) is 4.98 Å². The van der Waals surface area contributed by atoms with E-state index in [0.717, 1.165) is 11.3 Å². The second kappa shape index (κ2) is 7.03. The summed E-state index contributed by atoms with van der Waals surface area (Å²) in [6, 6.07) is 7.66. The zero-order valence-corrected chi connectivity index (χ0v) is 15.3. The highest BCUT2D eigenvalue weighted by Gasteiger charge is 2.21. The van der Waals surface area contributed by atoms with Crippen LogP contribution < -0.4 is 5.32 Å². The molecule has 0 saturated carbocycles. The summed E-state index contributed by atoms with van der Waals surface area (Å²) in [5.41, 5.74) is 4.25. The highest BCUT2D eigenvalue weighted by Crippen LogP contribution is 2.35. The van der Waals surface area contributed by atoms with Crippen molar-refractivity contribution in [2.45, 2.75) is 20.3 Å². The van der Waals surface area contributed by atoms with Gasteiger partial charge < -0.3 is 9.73 Å². The number of nitro benzene ring substituents is 1. The topological polar surface area (TPSA) is 98.3 Å². The molecule has 3 aromatic rings. The number of carbonyl (C=O) groups excluding carboxylic acids is 1. The fraction of sp³-hybridized carbons (Fsp3) is 0.200. The lowest BCUT2D eigenvalue weighted by Gasteiger charge is -2.12. The average Bonchev–Trinajstić information content (AvgIpc) is 3.09. The first-order valence-electron chi connectivity index (χ1n) is 8.46. The Bertz CT molecular complexity index is 1070. The van der Waals surface area contributed by atoms with Gasteiger partial charge in [-0.15, -0.1) is 0 Å². The number of nitro groups is 1. The molecule has 0 fully saturated rings. The van der Waals surface area contributed by atoms with Gasteiger partial charge in [0.1, 0.15) is 5.52 Å². The molecular formula is C20H19N3O4. The Morgan fingerprint density at radius 1 is 1.33 bits per heavy atom. The molecule has 0 aliphatic rings. The number of hydrogen-bond acceptors (Lipinski definition) is 6. The van der Waals surface area contributed by atoms with E-state index in [1.807, 2.05) is 6.92 Å². The molecule has 0 atom stereocenters. The number of nitrogens with one attached hydrogen (secondary N) is 1. The lowest BCUT2D eigenvalue weighted by atomic mass is 9.95. The van der Waals surface area contributed by atoms with Crippen LogP contribution in [-0.4, -0.2) is 22.7 Å². The van der Waals surface area contributed by atoms with Crippen molar-refractivity contribution in [3.05, 3.63) is 63.7 Å². The second-order valence-corrected chi connectivity index (χ2v) is 6.16. The maximum atomic E-state index is 12.6.